The molecule has 0 saturated carbocycles. The van der Waals surface area contributed by atoms with Crippen LogP contribution in [0, 0.1) is 0 Å². The largest absolute Gasteiger partial charge is 0.314 e. The molecule has 5 heteroatoms. The number of halogens is 1. The minimum absolute atomic E-state index is 0.236. The Morgan fingerprint density at radius 2 is 2.17 bits per heavy atom. The zero-order valence-electron chi connectivity index (χ0n) is 11.6. The van der Waals surface area contributed by atoms with E-state index < -0.39 is 0 Å². The third-order valence-electron chi connectivity index (χ3n) is 2.95. The number of hydrogen-bond acceptors (Lipinski definition) is 3. The molecule has 1 aromatic rings. The van der Waals surface area contributed by atoms with Crippen molar-refractivity contribution in [2.24, 2.45) is 7.05 Å². The van der Waals surface area contributed by atoms with Gasteiger partial charge in [0.05, 0.1) is 15.9 Å². The lowest BCUT2D eigenvalue weighted by Gasteiger charge is -2.11. The molecule has 0 aliphatic carbocycles. The molecule has 1 aromatic heterocycles. The molecule has 4 nitrogen and oxygen atoms in total. The summed E-state index contributed by atoms with van der Waals surface area (Å²) in [6, 6.07) is 0.236. The van der Waals surface area contributed by atoms with E-state index in [-0.39, 0.29) is 11.8 Å². The predicted molar refractivity (Wildman–Crippen MR) is 76.8 cm³/mol. The van der Waals surface area contributed by atoms with Gasteiger partial charge in [0.15, 0.2) is 0 Å². The Morgan fingerprint density at radius 3 is 2.67 bits per heavy atom. The van der Waals surface area contributed by atoms with Gasteiger partial charge >= 0.3 is 0 Å². The second kappa shape index (κ2) is 7.04. The van der Waals surface area contributed by atoms with Gasteiger partial charge in [-0.2, -0.15) is 5.10 Å². The molecule has 1 heterocycles. The van der Waals surface area contributed by atoms with Gasteiger partial charge in [-0.05, 0) is 35.8 Å². The standard InChI is InChI=1S/C13H22BrN3O/c1-5-11-13(14)12(17(4)16-11)8-10(18)7-9(3)15-6-2/h9,15H,5-8H2,1-4H3. The Labute approximate surface area is 117 Å². The summed E-state index contributed by atoms with van der Waals surface area (Å²) >= 11 is 3.54. The van der Waals surface area contributed by atoms with Crippen molar-refractivity contribution in [2.75, 3.05) is 6.54 Å². The van der Waals surface area contributed by atoms with Crippen molar-refractivity contribution in [3.05, 3.63) is 15.9 Å². The smallest absolute Gasteiger partial charge is 0.140 e. The van der Waals surface area contributed by atoms with Gasteiger partial charge in [-0.3, -0.25) is 9.48 Å². The summed E-state index contributed by atoms with van der Waals surface area (Å²) in [4.78, 5) is 12.0. The summed E-state index contributed by atoms with van der Waals surface area (Å²) in [7, 11) is 1.89. The molecule has 1 rings (SSSR count). The Morgan fingerprint density at radius 1 is 1.50 bits per heavy atom. The third kappa shape index (κ3) is 3.92. The van der Waals surface area contributed by atoms with Crippen molar-refractivity contribution in [3.8, 4) is 0 Å². The van der Waals surface area contributed by atoms with Crippen molar-refractivity contribution in [1.29, 1.82) is 0 Å². The van der Waals surface area contributed by atoms with Gasteiger partial charge in [-0.25, -0.2) is 0 Å². The molecule has 1 atom stereocenters. The minimum Gasteiger partial charge on any atom is -0.314 e. The molecule has 0 amide bonds. The molecule has 18 heavy (non-hydrogen) atoms. The Balaban J connectivity index is 2.67. The maximum atomic E-state index is 12.0. The number of nitrogens with one attached hydrogen (secondary N) is 1. The Hall–Kier alpha value is -0.680. The van der Waals surface area contributed by atoms with Gasteiger partial charge in [-0.15, -0.1) is 0 Å². The lowest BCUT2D eigenvalue weighted by Crippen LogP contribution is -2.28. The molecule has 0 spiro atoms. The fraction of sp³-hybridized carbons (Fsp3) is 0.692. The fourth-order valence-electron chi connectivity index (χ4n) is 2.03. The number of carbonyl (C=O) groups is 1. The average molecular weight is 316 g/mol. The van der Waals surface area contributed by atoms with Crippen molar-refractivity contribution in [3.63, 3.8) is 0 Å². The highest BCUT2D eigenvalue weighted by atomic mass is 79.9. The Bertz CT molecular complexity index is 415. The molecule has 1 unspecified atom stereocenters. The van der Waals surface area contributed by atoms with Gasteiger partial charge < -0.3 is 5.32 Å². The van der Waals surface area contributed by atoms with Crippen LogP contribution in [0.4, 0.5) is 0 Å². The highest BCUT2D eigenvalue weighted by Crippen LogP contribution is 2.22. The molecule has 0 saturated heterocycles. The number of nitrogens with zero attached hydrogens (tertiary/aromatic N) is 2. The maximum absolute atomic E-state index is 12.0. The molecular formula is C13H22BrN3O. The van der Waals surface area contributed by atoms with E-state index in [9.17, 15) is 4.79 Å². The van der Waals surface area contributed by atoms with Crippen LogP contribution in [0.5, 0.6) is 0 Å². The molecule has 0 bridgehead atoms. The highest BCUT2D eigenvalue weighted by molar-refractivity contribution is 9.10. The van der Waals surface area contributed by atoms with E-state index in [1.807, 2.05) is 20.9 Å². The number of ketones is 1. The third-order valence-corrected chi connectivity index (χ3v) is 3.87. The first-order chi connectivity index (χ1) is 8.49. The summed E-state index contributed by atoms with van der Waals surface area (Å²) in [5.74, 6) is 0.245. The number of hydrogen-bond donors (Lipinski definition) is 1. The lowest BCUT2D eigenvalue weighted by molar-refractivity contribution is -0.118. The molecule has 1 N–H and O–H groups in total. The number of Topliss-reactive ketones (excluding diaryl/α,β-unsaturated/α-hetero) is 1. The van der Waals surface area contributed by atoms with E-state index in [2.05, 4.69) is 33.3 Å². The summed E-state index contributed by atoms with van der Waals surface area (Å²) in [6.07, 6.45) is 1.88. The van der Waals surface area contributed by atoms with Crippen molar-refractivity contribution < 1.29 is 4.79 Å². The number of aryl methyl sites for hydroxylation is 2. The fourth-order valence-corrected chi connectivity index (χ4v) is 2.79. The van der Waals surface area contributed by atoms with E-state index in [1.165, 1.54) is 0 Å². The van der Waals surface area contributed by atoms with Crippen LogP contribution in [0.15, 0.2) is 4.47 Å². The molecular weight excluding hydrogens is 294 g/mol. The Kier molecular flexibility index (Phi) is 6.02. The summed E-state index contributed by atoms with van der Waals surface area (Å²) in [6.45, 7) is 7.04. The number of rotatable bonds is 7. The zero-order valence-corrected chi connectivity index (χ0v) is 13.2. The second-order valence-electron chi connectivity index (χ2n) is 4.56. The average Bonchev–Trinajstić information content (AvgIpc) is 2.56. The summed E-state index contributed by atoms with van der Waals surface area (Å²) < 4.78 is 2.79. The van der Waals surface area contributed by atoms with Gasteiger partial charge in [0.25, 0.3) is 0 Å². The van der Waals surface area contributed by atoms with Crippen LogP contribution in [-0.2, 0) is 24.7 Å². The monoisotopic (exact) mass is 315 g/mol. The number of carbonyl (C=O) groups excluding carboxylic acids is 1. The second-order valence-corrected chi connectivity index (χ2v) is 5.36. The number of aromatic nitrogens is 2. The van der Waals surface area contributed by atoms with Crippen LogP contribution < -0.4 is 5.32 Å². The normalized spacial score (nSPS) is 12.7. The molecule has 0 radical (unpaired) electrons. The van der Waals surface area contributed by atoms with Crippen LogP contribution in [0.2, 0.25) is 0 Å². The van der Waals surface area contributed by atoms with Crippen LogP contribution in [0.3, 0.4) is 0 Å². The first kappa shape index (κ1) is 15.4. The van der Waals surface area contributed by atoms with Crippen LogP contribution in [-0.4, -0.2) is 28.2 Å². The van der Waals surface area contributed by atoms with Gasteiger partial charge in [-0.1, -0.05) is 13.8 Å². The van der Waals surface area contributed by atoms with Gasteiger partial charge in [0, 0.05) is 25.9 Å². The van der Waals surface area contributed by atoms with Crippen molar-refractivity contribution in [1.82, 2.24) is 15.1 Å². The summed E-state index contributed by atoms with van der Waals surface area (Å²) in [5.41, 5.74) is 1.99. The molecule has 0 aromatic carbocycles. The molecule has 0 fully saturated rings. The van der Waals surface area contributed by atoms with Crippen LogP contribution in [0.25, 0.3) is 0 Å². The van der Waals surface area contributed by atoms with E-state index >= 15 is 0 Å². The topological polar surface area (TPSA) is 46.9 Å². The molecule has 0 aliphatic heterocycles. The molecule has 0 aliphatic rings. The van der Waals surface area contributed by atoms with E-state index in [0.29, 0.717) is 12.8 Å². The van der Waals surface area contributed by atoms with Crippen LogP contribution >= 0.6 is 15.9 Å². The SMILES string of the molecule is CCNC(C)CC(=O)Cc1c(Br)c(CC)nn1C. The van der Waals surface area contributed by atoms with Crippen LogP contribution in [0.1, 0.15) is 38.6 Å². The van der Waals surface area contributed by atoms with Crippen molar-refractivity contribution >= 4 is 21.7 Å². The first-order valence-electron chi connectivity index (χ1n) is 6.44. The maximum Gasteiger partial charge on any atom is 0.140 e. The summed E-state index contributed by atoms with van der Waals surface area (Å²) in [5, 5.41) is 7.65. The van der Waals surface area contributed by atoms with E-state index in [4.69, 9.17) is 0 Å². The predicted octanol–water partition coefficient (Wildman–Crippen LogP) is 2.24. The van der Waals surface area contributed by atoms with E-state index in [0.717, 1.165) is 28.8 Å². The van der Waals surface area contributed by atoms with Crippen molar-refractivity contribution in [2.45, 2.75) is 46.1 Å². The van der Waals surface area contributed by atoms with Gasteiger partial charge in [0.1, 0.15) is 5.78 Å². The zero-order chi connectivity index (χ0) is 13.7. The minimum atomic E-state index is 0.236. The lowest BCUT2D eigenvalue weighted by atomic mass is 10.1. The molecule has 102 valence electrons. The van der Waals surface area contributed by atoms with Gasteiger partial charge in [0.2, 0.25) is 0 Å². The first-order valence-corrected chi connectivity index (χ1v) is 7.24. The highest BCUT2D eigenvalue weighted by Gasteiger charge is 2.16. The van der Waals surface area contributed by atoms with E-state index in [1.54, 1.807) is 4.68 Å². The quantitative estimate of drug-likeness (QED) is 0.839.